The van der Waals surface area contributed by atoms with Crippen LogP contribution in [0.25, 0.3) is 11.3 Å². The summed E-state index contributed by atoms with van der Waals surface area (Å²) in [7, 11) is 0. The highest BCUT2D eigenvalue weighted by molar-refractivity contribution is 6.30. The third-order valence-corrected chi connectivity index (χ3v) is 5.89. The summed E-state index contributed by atoms with van der Waals surface area (Å²) in [5.74, 6) is 0.0197. The van der Waals surface area contributed by atoms with Crippen molar-refractivity contribution in [2.45, 2.75) is 25.0 Å². The fraction of sp³-hybridized carbons (Fsp3) is 0.273. The van der Waals surface area contributed by atoms with Gasteiger partial charge < -0.3 is 14.7 Å². The Hall–Kier alpha value is -2.83. The van der Waals surface area contributed by atoms with Crippen molar-refractivity contribution in [3.05, 3.63) is 70.4 Å². The number of benzene rings is 2. The van der Waals surface area contributed by atoms with Gasteiger partial charge in [-0.1, -0.05) is 35.9 Å². The monoisotopic (exact) mass is 409 g/mol. The summed E-state index contributed by atoms with van der Waals surface area (Å²) in [6, 6.07) is 14.2. The minimum Gasteiger partial charge on any atom is -0.507 e. The van der Waals surface area contributed by atoms with Gasteiger partial charge in [-0.3, -0.25) is 9.89 Å². The summed E-state index contributed by atoms with van der Waals surface area (Å²) in [6.07, 6.45) is 1.98. The number of ether oxygens (including phenoxy) is 1. The lowest BCUT2D eigenvalue weighted by Gasteiger charge is -2.28. The second-order valence-corrected chi connectivity index (χ2v) is 7.86. The van der Waals surface area contributed by atoms with E-state index in [1.165, 1.54) is 0 Å². The lowest BCUT2D eigenvalue weighted by atomic mass is 9.95. The van der Waals surface area contributed by atoms with E-state index >= 15 is 0 Å². The number of halogens is 1. The Balaban J connectivity index is 1.64. The first-order valence-corrected chi connectivity index (χ1v) is 10.1. The quantitative estimate of drug-likeness (QED) is 0.678. The van der Waals surface area contributed by atoms with Crippen molar-refractivity contribution in [1.29, 1.82) is 0 Å². The van der Waals surface area contributed by atoms with E-state index in [0.717, 1.165) is 30.6 Å². The number of para-hydroxylation sites is 1. The molecule has 2 aliphatic rings. The molecule has 3 heterocycles. The molecule has 1 fully saturated rings. The normalized spacial score (nSPS) is 21.0. The summed E-state index contributed by atoms with van der Waals surface area (Å²) >= 11 is 6.10. The highest BCUT2D eigenvalue weighted by Gasteiger charge is 2.43. The minimum atomic E-state index is -0.327. The summed E-state index contributed by atoms with van der Waals surface area (Å²) < 4.78 is 5.80. The van der Waals surface area contributed by atoms with E-state index in [1.54, 1.807) is 18.2 Å². The Morgan fingerprint density at radius 2 is 2.00 bits per heavy atom. The predicted molar refractivity (Wildman–Crippen MR) is 109 cm³/mol. The molecule has 0 bridgehead atoms. The van der Waals surface area contributed by atoms with Gasteiger partial charge in [0, 0.05) is 29.3 Å². The highest BCUT2D eigenvalue weighted by Crippen LogP contribution is 2.44. The molecule has 0 saturated carbocycles. The molecular weight excluding hydrogens is 390 g/mol. The van der Waals surface area contributed by atoms with Gasteiger partial charge in [0.2, 0.25) is 0 Å². The van der Waals surface area contributed by atoms with Crippen LogP contribution in [0.5, 0.6) is 5.75 Å². The number of phenols is 1. The zero-order valence-corrected chi connectivity index (χ0v) is 16.4. The van der Waals surface area contributed by atoms with Crippen LogP contribution >= 0.6 is 11.6 Å². The van der Waals surface area contributed by atoms with Gasteiger partial charge in [-0.15, -0.1) is 0 Å². The first kappa shape index (κ1) is 18.2. The van der Waals surface area contributed by atoms with Crippen LogP contribution in [0.1, 0.15) is 40.5 Å². The molecule has 1 aromatic heterocycles. The van der Waals surface area contributed by atoms with Gasteiger partial charge in [-0.2, -0.15) is 5.10 Å². The van der Waals surface area contributed by atoms with E-state index in [2.05, 4.69) is 10.2 Å². The molecule has 0 spiro atoms. The minimum absolute atomic E-state index is 0.0271. The molecule has 6 nitrogen and oxygen atoms in total. The summed E-state index contributed by atoms with van der Waals surface area (Å²) in [5.41, 5.74) is 3.35. The number of H-pyrrole nitrogens is 1. The molecule has 3 aromatic rings. The van der Waals surface area contributed by atoms with Gasteiger partial charge in [0.25, 0.3) is 5.91 Å². The van der Waals surface area contributed by atoms with Crippen LogP contribution in [0.4, 0.5) is 0 Å². The molecule has 1 saturated heterocycles. The Morgan fingerprint density at radius 1 is 1.21 bits per heavy atom. The zero-order chi connectivity index (χ0) is 20.0. The van der Waals surface area contributed by atoms with E-state index in [1.807, 2.05) is 35.2 Å². The fourth-order valence-corrected chi connectivity index (χ4v) is 4.39. The predicted octanol–water partition coefficient (Wildman–Crippen LogP) is 4.16. The fourth-order valence-electron chi connectivity index (χ4n) is 4.26. The molecule has 5 rings (SSSR count). The molecular formula is C22H20ClN3O3. The van der Waals surface area contributed by atoms with Gasteiger partial charge in [0.1, 0.15) is 17.1 Å². The Bertz CT molecular complexity index is 1060. The number of rotatable bonds is 4. The number of aromatic nitrogens is 2. The maximum absolute atomic E-state index is 13.3. The van der Waals surface area contributed by atoms with Crippen LogP contribution in [0.3, 0.4) is 0 Å². The Labute approximate surface area is 173 Å². The third-order valence-electron chi connectivity index (χ3n) is 5.63. The van der Waals surface area contributed by atoms with Crippen LogP contribution in [0, 0.1) is 0 Å². The molecule has 2 atom stereocenters. The molecule has 0 unspecified atom stereocenters. The summed E-state index contributed by atoms with van der Waals surface area (Å²) in [5, 5.41) is 18.3. The van der Waals surface area contributed by atoms with Crippen LogP contribution in [-0.2, 0) is 4.74 Å². The molecule has 1 amide bonds. The number of nitrogens with zero attached hydrogens (tertiary/aromatic N) is 2. The maximum Gasteiger partial charge on any atom is 0.273 e. The van der Waals surface area contributed by atoms with Crippen molar-refractivity contribution in [1.82, 2.24) is 15.1 Å². The van der Waals surface area contributed by atoms with Gasteiger partial charge in [0.15, 0.2) is 0 Å². The Morgan fingerprint density at radius 3 is 2.72 bits per heavy atom. The molecule has 0 radical (unpaired) electrons. The average Bonchev–Trinajstić information content (AvgIpc) is 3.44. The first-order chi connectivity index (χ1) is 14.1. The van der Waals surface area contributed by atoms with E-state index in [-0.39, 0.29) is 23.8 Å². The van der Waals surface area contributed by atoms with E-state index in [9.17, 15) is 9.90 Å². The second kappa shape index (κ2) is 7.21. The van der Waals surface area contributed by atoms with Crippen molar-refractivity contribution in [3.8, 4) is 17.0 Å². The van der Waals surface area contributed by atoms with Crippen LogP contribution in [0.15, 0.2) is 48.5 Å². The second-order valence-electron chi connectivity index (χ2n) is 7.42. The van der Waals surface area contributed by atoms with Crippen LogP contribution in [-0.4, -0.2) is 45.4 Å². The number of amides is 1. The highest BCUT2D eigenvalue weighted by atomic mass is 35.5. The average molecular weight is 410 g/mol. The number of hydrogen-bond donors (Lipinski definition) is 2. The zero-order valence-electron chi connectivity index (χ0n) is 15.6. The molecule has 148 valence electrons. The molecule has 0 aliphatic carbocycles. The van der Waals surface area contributed by atoms with Gasteiger partial charge in [0.05, 0.1) is 12.1 Å². The van der Waals surface area contributed by atoms with E-state index in [0.29, 0.717) is 28.5 Å². The lowest BCUT2D eigenvalue weighted by molar-refractivity contribution is 0.0495. The number of carbonyl (C=O) groups is 1. The molecule has 2 aliphatic heterocycles. The summed E-state index contributed by atoms with van der Waals surface area (Å²) in [6.45, 7) is 1.24. The van der Waals surface area contributed by atoms with Crippen LogP contribution in [0.2, 0.25) is 5.02 Å². The molecule has 7 heteroatoms. The number of aromatic amines is 1. The summed E-state index contributed by atoms with van der Waals surface area (Å²) in [4.78, 5) is 15.1. The lowest BCUT2D eigenvalue weighted by Crippen LogP contribution is -2.36. The van der Waals surface area contributed by atoms with Crippen molar-refractivity contribution in [3.63, 3.8) is 0 Å². The molecule has 2 aromatic carbocycles. The van der Waals surface area contributed by atoms with Crippen molar-refractivity contribution < 1.29 is 14.6 Å². The topological polar surface area (TPSA) is 78.5 Å². The number of phenolic OH excluding ortho intramolecular Hbond substituents is 1. The largest absolute Gasteiger partial charge is 0.507 e. The number of nitrogens with one attached hydrogen (secondary N) is 1. The van der Waals surface area contributed by atoms with Gasteiger partial charge in [-0.25, -0.2) is 0 Å². The first-order valence-electron chi connectivity index (χ1n) is 9.68. The van der Waals surface area contributed by atoms with Crippen molar-refractivity contribution in [2.75, 3.05) is 13.2 Å². The van der Waals surface area contributed by atoms with Gasteiger partial charge in [-0.05, 0) is 42.7 Å². The smallest absolute Gasteiger partial charge is 0.273 e. The number of carbonyl (C=O) groups excluding carboxylic acids is 1. The number of fused-ring (bicyclic) bond motifs is 1. The van der Waals surface area contributed by atoms with Crippen molar-refractivity contribution in [2.24, 2.45) is 0 Å². The SMILES string of the molecule is O=C1c2[nH]nc(-c3ccccc3O)c2[C@@H](c2ccc(Cl)cc2)N1C[C@@H]1CCCO1. The standard InChI is InChI=1S/C22H20ClN3O3/c23-14-9-7-13(8-10-14)21-18-19(16-5-1-2-6-17(16)27)24-25-20(18)22(28)26(21)12-15-4-3-11-29-15/h1-2,5-10,15,21,27H,3-4,11-12H2,(H,24,25)/t15-,21+/m0/s1. The van der Waals surface area contributed by atoms with Crippen LogP contribution < -0.4 is 0 Å². The number of hydrogen-bond acceptors (Lipinski definition) is 4. The molecule has 2 N–H and O–H groups in total. The van der Waals surface area contributed by atoms with Crippen molar-refractivity contribution >= 4 is 17.5 Å². The molecule has 29 heavy (non-hydrogen) atoms. The van der Waals surface area contributed by atoms with E-state index < -0.39 is 0 Å². The number of aromatic hydroxyl groups is 1. The third kappa shape index (κ3) is 3.09. The van der Waals surface area contributed by atoms with Gasteiger partial charge >= 0.3 is 0 Å². The Kier molecular flexibility index (Phi) is 4.53. The van der Waals surface area contributed by atoms with E-state index in [4.69, 9.17) is 16.3 Å². The maximum atomic E-state index is 13.3.